The highest BCUT2D eigenvalue weighted by Crippen LogP contribution is 2.13. The second kappa shape index (κ2) is 7.87. The van der Waals surface area contributed by atoms with Gasteiger partial charge in [-0.1, -0.05) is 12.1 Å². The first-order chi connectivity index (χ1) is 9.79. The zero-order chi connectivity index (χ0) is 14.2. The van der Waals surface area contributed by atoms with Gasteiger partial charge in [0, 0.05) is 26.1 Å². The molecule has 1 saturated heterocycles. The maximum Gasteiger partial charge on any atom is 0.222 e. The van der Waals surface area contributed by atoms with Crippen LogP contribution < -0.4 is 10.5 Å². The summed E-state index contributed by atoms with van der Waals surface area (Å²) in [5, 5.41) is 0. The highest BCUT2D eigenvalue weighted by molar-refractivity contribution is 5.76. The maximum atomic E-state index is 11.9. The van der Waals surface area contributed by atoms with Crippen molar-refractivity contribution in [2.24, 2.45) is 5.73 Å². The topological polar surface area (TPSA) is 64.8 Å². The molecule has 1 amide bonds. The third-order valence-corrected chi connectivity index (χ3v) is 3.30. The van der Waals surface area contributed by atoms with Gasteiger partial charge in [-0.2, -0.15) is 0 Å². The summed E-state index contributed by atoms with van der Waals surface area (Å²) < 4.78 is 10.9. The van der Waals surface area contributed by atoms with Crippen molar-refractivity contribution in [1.82, 2.24) is 4.90 Å². The van der Waals surface area contributed by atoms with E-state index in [1.165, 1.54) is 0 Å². The molecule has 0 atom stereocenters. The van der Waals surface area contributed by atoms with E-state index >= 15 is 0 Å². The Morgan fingerprint density at radius 1 is 1.35 bits per heavy atom. The van der Waals surface area contributed by atoms with Crippen LogP contribution in [-0.4, -0.2) is 43.7 Å². The number of carbonyl (C=O) groups is 1. The van der Waals surface area contributed by atoms with Crippen LogP contribution in [0.1, 0.15) is 18.4 Å². The summed E-state index contributed by atoms with van der Waals surface area (Å²) in [6, 6.07) is 7.73. The fourth-order valence-corrected chi connectivity index (χ4v) is 2.15. The van der Waals surface area contributed by atoms with Crippen molar-refractivity contribution in [3.8, 4) is 5.75 Å². The average Bonchev–Trinajstić information content (AvgIpc) is 2.52. The highest BCUT2D eigenvalue weighted by atomic mass is 16.5. The van der Waals surface area contributed by atoms with Crippen molar-refractivity contribution in [3.05, 3.63) is 29.8 Å². The third kappa shape index (κ3) is 4.51. The SMILES string of the molecule is NCc1cccc(OCCCC(=O)N2CCOCC2)c1. The number of ether oxygens (including phenoxy) is 2. The molecule has 1 aliphatic heterocycles. The number of morpholine rings is 1. The molecule has 0 saturated carbocycles. The lowest BCUT2D eigenvalue weighted by atomic mass is 10.2. The van der Waals surface area contributed by atoms with E-state index in [1.54, 1.807) is 0 Å². The largest absolute Gasteiger partial charge is 0.494 e. The molecule has 0 spiro atoms. The molecule has 2 rings (SSSR count). The minimum absolute atomic E-state index is 0.188. The molecule has 0 aliphatic carbocycles. The van der Waals surface area contributed by atoms with E-state index in [9.17, 15) is 4.79 Å². The Morgan fingerprint density at radius 2 is 2.15 bits per heavy atom. The first-order valence-corrected chi connectivity index (χ1v) is 7.07. The molecular weight excluding hydrogens is 256 g/mol. The van der Waals surface area contributed by atoms with Gasteiger partial charge in [0.15, 0.2) is 0 Å². The number of rotatable bonds is 6. The number of nitrogens with two attached hydrogens (primary N) is 1. The van der Waals surface area contributed by atoms with Gasteiger partial charge in [0.2, 0.25) is 5.91 Å². The van der Waals surface area contributed by atoms with Gasteiger partial charge in [-0.15, -0.1) is 0 Å². The molecule has 1 aromatic carbocycles. The van der Waals surface area contributed by atoms with Gasteiger partial charge in [-0.3, -0.25) is 4.79 Å². The fraction of sp³-hybridized carbons (Fsp3) is 0.533. The lowest BCUT2D eigenvalue weighted by molar-refractivity contribution is -0.135. The monoisotopic (exact) mass is 278 g/mol. The van der Waals surface area contributed by atoms with Crippen LogP contribution >= 0.6 is 0 Å². The van der Waals surface area contributed by atoms with Crippen molar-refractivity contribution in [2.45, 2.75) is 19.4 Å². The predicted octanol–water partition coefficient (Wildman–Crippen LogP) is 1.16. The lowest BCUT2D eigenvalue weighted by Crippen LogP contribution is -2.40. The Labute approximate surface area is 119 Å². The molecule has 2 N–H and O–H groups in total. The highest BCUT2D eigenvalue weighted by Gasteiger charge is 2.15. The standard InChI is InChI=1S/C15H22N2O3/c16-12-13-3-1-4-14(11-13)20-8-2-5-15(18)17-6-9-19-10-7-17/h1,3-4,11H,2,5-10,12,16H2. The zero-order valence-corrected chi connectivity index (χ0v) is 11.7. The normalized spacial score (nSPS) is 15.2. The summed E-state index contributed by atoms with van der Waals surface area (Å²) >= 11 is 0. The molecule has 0 radical (unpaired) electrons. The number of nitrogens with zero attached hydrogens (tertiary/aromatic N) is 1. The van der Waals surface area contributed by atoms with E-state index in [2.05, 4.69) is 0 Å². The van der Waals surface area contributed by atoms with E-state index in [4.69, 9.17) is 15.2 Å². The van der Waals surface area contributed by atoms with Gasteiger partial charge in [0.05, 0.1) is 19.8 Å². The van der Waals surface area contributed by atoms with Crippen molar-refractivity contribution in [2.75, 3.05) is 32.9 Å². The van der Waals surface area contributed by atoms with Crippen LogP contribution in [-0.2, 0) is 16.1 Å². The zero-order valence-electron chi connectivity index (χ0n) is 11.7. The molecule has 1 heterocycles. The molecule has 0 unspecified atom stereocenters. The van der Waals surface area contributed by atoms with Crippen molar-refractivity contribution in [3.63, 3.8) is 0 Å². The summed E-state index contributed by atoms with van der Waals surface area (Å²) in [5.74, 6) is 0.999. The fourth-order valence-electron chi connectivity index (χ4n) is 2.15. The molecule has 5 heteroatoms. The molecule has 1 aliphatic rings. The van der Waals surface area contributed by atoms with Crippen LogP contribution in [0.15, 0.2) is 24.3 Å². The minimum Gasteiger partial charge on any atom is -0.494 e. The Balaban J connectivity index is 1.66. The Morgan fingerprint density at radius 3 is 2.90 bits per heavy atom. The van der Waals surface area contributed by atoms with Gasteiger partial charge in [0.25, 0.3) is 0 Å². The predicted molar refractivity (Wildman–Crippen MR) is 76.5 cm³/mol. The molecule has 20 heavy (non-hydrogen) atoms. The van der Waals surface area contributed by atoms with Crippen LogP contribution in [0.5, 0.6) is 5.75 Å². The minimum atomic E-state index is 0.188. The first-order valence-electron chi connectivity index (χ1n) is 7.07. The van der Waals surface area contributed by atoms with E-state index in [0.717, 1.165) is 17.7 Å². The average molecular weight is 278 g/mol. The molecular formula is C15H22N2O3. The van der Waals surface area contributed by atoms with Crippen LogP contribution in [0.3, 0.4) is 0 Å². The molecule has 110 valence electrons. The lowest BCUT2D eigenvalue weighted by Gasteiger charge is -2.26. The van der Waals surface area contributed by atoms with Crippen molar-refractivity contribution < 1.29 is 14.3 Å². The van der Waals surface area contributed by atoms with Gasteiger partial charge >= 0.3 is 0 Å². The van der Waals surface area contributed by atoms with Crippen LogP contribution in [0.2, 0.25) is 0 Å². The summed E-state index contributed by atoms with van der Waals surface area (Å²) in [7, 11) is 0. The van der Waals surface area contributed by atoms with Gasteiger partial charge in [0.1, 0.15) is 5.75 Å². The number of benzene rings is 1. The number of hydrogen-bond donors (Lipinski definition) is 1. The van der Waals surface area contributed by atoms with Gasteiger partial charge in [-0.05, 0) is 24.1 Å². The summed E-state index contributed by atoms with van der Waals surface area (Å²) in [6.45, 7) is 3.76. The Hall–Kier alpha value is -1.59. The van der Waals surface area contributed by atoms with E-state index < -0.39 is 0 Å². The quantitative estimate of drug-likeness (QED) is 0.793. The summed E-state index contributed by atoms with van der Waals surface area (Å²) in [5.41, 5.74) is 6.63. The van der Waals surface area contributed by atoms with E-state index in [0.29, 0.717) is 45.9 Å². The molecule has 0 aromatic heterocycles. The Bertz CT molecular complexity index is 431. The van der Waals surface area contributed by atoms with E-state index in [-0.39, 0.29) is 5.91 Å². The second-order valence-electron chi connectivity index (χ2n) is 4.80. The van der Waals surface area contributed by atoms with Gasteiger partial charge in [-0.25, -0.2) is 0 Å². The molecule has 1 aromatic rings. The van der Waals surface area contributed by atoms with Crippen molar-refractivity contribution in [1.29, 1.82) is 0 Å². The van der Waals surface area contributed by atoms with Gasteiger partial charge < -0.3 is 20.1 Å². The molecule has 0 bridgehead atoms. The summed E-state index contributed by atoms with van der Waals surface area (Å²) in [4.78, 5) is 13.8. The number of carbonyl (C=O) groups excluding carboxylic acids is 1. The van der Waals surface area contributed by atoms with E-state index in [1.807, 2.05) is 29.2 Å². The smallest absolute Gasteiger partial charge is 0.222 e. The van der Waals surface area contributed by atoms with Crippen LogP contribution in [0.4, 0.5) is 0 Å². The number of hydrogen-bond acceptors (Lipinski definition) is 4. The van der Waals surface area contributed by atoms with Crippen molar-refractivity contribution >= 4 is 5.91 Å². The maximum absolute atomic E-state index is 11.9. The molecule has 1 fully saturated rings. The second-order valence-corrected chi connectivity index (χ2v) is 4.80. The summed E-state index contributed by atoms with van der Waals surface area (Å²) in [6.07, 6.45) is 1.25. The molecule has 5 nitrogen and oxygen atoms in total. The number of amides is 1. The van der Waals surface area contributed by atoms with Crippen LogP contribution in [0.25, 0.3) is 0 Å². The Kier molecular flexibility index (Phi) is 5.83. The first kappa shape index (κ1) is 14.8. The third-order valence-electron chi connectivity index (χ3n) is 3.30. The van der Waals surface area contributed by atoms with Crippen LogP contribution in [0, 0.1) is 0 Å².